The van der Waals surface area contributed by atoms with Gasteiger partial charge in [0.2, 0.25) is 0 Å². The second-order valence-electron chi connectivity index (χ2n) is 6.28. The molecule has 0 saturated carbocycles. The summed E-state index contributed by atoms with van der Waals surface area (Å²) >= 11 is 0. The molecule has 0 radical (unpaired) electrons. The van der Waals surface area contributed by atoms with Crippen molar-refractivity contribution in [3.8, 4) is 0 Å². The first-order valence-corrected chi connectivity index (χ1v) is 5.60. The van der Waals surface area contributed by atoms with Crippen LogP contribution in [0.15, 0.2) is 10.6 Å². The molecule has 1 heterocycles. The Kier molecular flexibility index (Phi) is 3.27. The molecule has 0 spiro atoms. The van der Waals surface area contributed by atoms with Crippen LogP contribution in [0.25, 0.3) is 0 Å². The molecular formula is C13H21NO2. The van der Waals surface area contributed by atoms with E-state index < -0.39 is 0 Å². The number of Topliss-reactive ketones (excluding diaryl/α,β-unsaturated/α-hetero) is 1. The molecule has 0 aliphatic rings. The molecule has 0 amide bonds. The fourth-order valence-corrected chi connectivity index (χ4v) is 1.17. The minimum absolute atomic E-state index is 0.0352. The molecule has 0 saturated heterocycles. The summed E-state index contributed by atoms with van der Waals surface area (Å²) in [4.78, 5) is 11.8. The lowest BCUT2D eigenvalue weighted by atomic mass is 9.87. The Balaban J connectivity index is 2.78. The van der Waals surface area contributed by atoms with Crippen molar-refractivity contribution in [2.24, 2.45) is 5.41 Å². The van der Waals surface area contributed by atoms with E-state index in [1.165, 1.54) is 0 Å². The number of hydrogen-bond donors (Lipinski definition) is 0. The van der Waals surface area contributed by atoms with Gasteiger partial charge in [0.15, 0.2) is 0 Å². The van der Waals surface area contributed by atoms with Crippen LogP contribution in [-0.2, 0) is 16.6 Å². The van der Waals surface area contributed by atoms with Gasteiger partial charge in [-0.1, -0.05) is 46.7 Å². The quantitative estimate of drug-likeness (QED) is 0.773. The zero-order valence-corrected chi connectivity index (χ0v) is 11.0. The minimum Gasteiger partial charge on any atom is -0.361 e. The molecule has 16 heavy (non-hydrogen) atoms. The van der Waals surface area contributed by atoms with Crippen molar-refractivity contribution in [2.75, 3.05) is 0 Å². The first-order valence-electron chi connectivity index (χ1n) is 5.60. The van der Waals surface area contributed by atoms with Crippen LogP contribution in [0.3, 0.4) is 0 Å². The van der Waals surface area contributed by atoms with Crippen molar-refractivity contribution < 1.29 is 9.32 Å². The average molecular weight is 223 g/mol. The molecule has 0 aromatic carbocycles. The van der Waals surface area contributed by atoms with Crippen molar-refractivity contribution in [3.05, 3.63) is 17.5 Å². The van der Waals surface area contributed by atoms with E-state index in [1.807, 2.05) is 26.8 Å². The largest absolute Gasteiger partial charge is 0.361 e. The van der Waals surface area contributed by atoms with Crippen LogP contribution in [-0.4, -0.2) is 10.9 Å². The van der Waals surface area contributed by atoms with Gasteiger partial charge in [0.1, 0.15) is 11.5 Å². The first-order chi connectivity index (χ1) is 7.10. The summed E-state index contributed by atoms with van der Waals surface area (Å²) in [6, 6.07) is 1.88. The summed E-state index contributed by atoms with van der Waals surface area (Å²) < 4.78 is 5.19. The smallest absolute Gasteiger partial charge is 0.145 e. The first kappa shape index (κ1) is 12.9. The summed E-state index contributed by atoms with van der Waals surface area (Å²) in [5.41, 5.74) is 0.533. The topological polar surface area (TPSA) is 43.1 Å². The SMILES string of the molecule is CC(C)(C)C(=O)Cc1cc(C(C)(C)C)no1. The molecule has 0 N–H and O–H groups in total. The maximum atomic E-state index is 11.8. The van der Waals surface area contributed by atoms with Gasteiger partial charge in [-0.15, -0.1) is 0 Å². The van der Waals surface area contributed by atoms with Crippen LogP contribution < -0.4 is 0 Å². The Morgan fingerprint density at radius 1 is 1.25 bits per heavy atom. The summed E-state index contributed by atoms with van der Waals surface area (Å²) in [7, 11) is 0. The van der Waals surface area contributed by atoms with Crippen LogP contribution in [0.1, 0.15) is 53.0 Å². The van der Waals surface area contributed by atoms with Gasteiger partial charge < -0.3 is 4.52 Å². The van der Waals surface area contributed by atoms with E-state index >= 15 is 0 Å². The second-order valence-corrected chi connectivity index (χ2v) is 6.28. The highest BCUT2D eigenvalue weighted by molar-refractivity contribution is 5.85. The Morgan fingerprint density at radius 3 is 2.19 bits per heavy atom. The van der Waals surface area contributed by atoms with E-state index in [1.54, 1.807) is 0 Å². The number of carbonyl (C=O) groups is 1. The van der Waals surface area contributed by atoms with Crippen molar-refractivity contribution in [1.29, 1.82) is 0 Å². The third-order valence-electron chi connectivity index (χ3n) is 2.50. The summed E-state index contributed by atoms with van der Waals surface area (Å²) in [5.74, 6) is 0.828. The van der Waals surface area contributed by atoms with Crippen LogP contribution in [0.4, 0.5) is 0 Å². The van der Waals surface area contributed by atoms with Gasteiger partial charge in [-0.25, -0.2) is 0 Å². The predicted octanol–water partition coefficient (Wildman–Crippen LogP) is 3.13. The van der Waals surface area contributed by atoms with E-state index in [2.05, 4.69) is 25.9 Å². The van der Waals surface area contributed by atoms with Gasteiger partial charge >= 0.3 is 0 Å². The standard InChI is InChI=1S/C13H21NO2/c1-12(2,3)10-7-9(16-14-10)8-11(15)13(4,5)6/h7H,8H2,1-6H3. The maximum Gasteiger partial charge on any atom is 0.145 e. The van der Waals surface area contributed by atoms with Crippen LogP contribution >= 0.6 is 0 Å². The second kappa shape index (κ2) is 4.04. The monoisotopic (exact) mass is 223 g/mol. The number of hydrogen-bond acceptors (Lipinski definition) is 3. The molecular weight excluding hydrogens is 202 g/mol. The zero-order chi connectivity index (χ0) is 12.6. The molecule has 3 heteroatoms. The molecule has 0 unspecified atom stereocenters. The van der Waals surface area contributed by atoms with Crippen molar-refractivity contribution in [2.45, 2.75) is 53.4 Å². The van der Waals surface area contributed by atoms with E-state index in [4.69, 9.17) is 4.52 Å². The molecule has 0 aliphatic carbocycles. The maximum absolute atomic E-state index is 11.8. The van der Waals surface area contributed by atoms with Crippen LogP contribution in [0, 0.1) is 5.41 Å². The van der Waals surface area contributed by atoms with E-state index in [9.17, 15) is 4.79 Å². The molecule has 1 rings (SSSR count). The van der Waals surface area contributed by atoms with E-state index in [-0.39, 0.29) is 16.6 Å². The lowest BCUT2D eigenvalue weighted by Crippen LogP contribution is -2.21. The number of carbonyl (C=O) groups excluding carboxylic acids is 1. The van der Waals surface area contributed by atoms with Crippen molar-refractivity contribution in [1.82, 2.24) is 5.16 Å². The van der Waals surface area contributed by atoms with Gasteiger partial charge in [-0.2, -0.15) is 0 Å². The molecule has 0 atom stereocenters. The van der Waals surface area contributed by atoms with Gasteiger partial charge in [0.05, 0.1) is 12.1 Å². The molecule has 90 valence electrons. The molecule has 3 nitrogen and oxygen atoms in total. The number of aromatic nitrogens is 1. The van der Waals surface area contributed by atoms with E-state index in [0.29, 0.717) is 12.2 Å². The molecule has 0 fully saturated rings. The summed E-state index contributed by atoms with van der Waals surface area (Å²) in [6.45, 7) is 11.9. The zero-order valence-electron chi connectivity index (χ0n) is 11.0. The summed E-state index contributed by atoms with van der Waals surface area (Å²) in [6.07, 6.45) is 0.326. The number of ketones is 1. The Hall–Kier alpha value is -1.12. The van der Waals surface area contributed by atoms with Crippen LogP contribution in [0.5, 0.6) is 0 Å². The average Bonchev–Trinajstić information content (AvgIpc) is 2.49. The van der Waals surface area contributed by atoms with Crippen molar-refractivity contribution >= 4 is 5.78 Å². The highest BCUT2D eigenvalue weighted by atomic mass is 16.5. The highest BCUT2D eigenvalue weighted by Gasteiger charge is 2.24. The minimum atomic E-state index is -0.325. The van der Waals surface area contributed by atoms with Crippen LogP contribution in [0.2, 0.25) is 0 Å². The summed E-state index contributed by atoms with van der Waals surface area (Å²) in [5, 5.41) is 4.00. The fraction of sp³-hybridized carbons (Fsp3) is 0.692. The number of rotatable bonds is 2. The molecule has 1 aromatic heterocycles. The third kappa shape index (κ3) is 3.19. The molecule has 0 aliphatic heterocycles. The van der Waals surface area contributed by atoms with Gasteiger partial charge in [-0.3, -0.25) is 4.79 Å². The van der Waals surface area contributed by atoms with Gasteiger partial charge in [0.25, 0.3) is 0 Å². The third-order valence-corrected chi connectivity index (χ3v) is 2.50. The number of nitrogens with zero attached hydrogens (tertiary/aromatic N) is 1. The van der Waals surface area contributed by atoms with Gasteiger partial charge in [0, 0.05) is 16.9 Å². The van der Waals surface area contributed by atoms with Gasteiger partial charge in [-0.05, 0) is 0 Å². The highest BCUT2D eigenvalue weighted by Crippen LogP contribution is 2.23. The Labute approximate surface area is 97.2 Å². The van der Waals surface area contributed by atoms with E-state index in [0.717, 1.165) is 5.69 Å². The Morgan fingerprint density at radius 2 is 1.81 bits per heavy atom. The van der Waals surface area contributed by atoms with Crippen molar-refractivity contribution in [3.63, 3.8) is 0 Å². The fourth-order valence-electron chi connectivity index (χ4n) is 1.17. The Bertz CT molecular complexity index is 377. The normalized spacial score (nSPS) is 12.9. The molecule has 0 bridgehead atoms. The lowest BCUT2D eigenvalue weighted by molar-refractivity contribution is -0.125. The lowest BCUT2D eigenvalue weighted by Gasteiger charge is -2.15. The molecule has 1 aromatic rings. The predicted molar refractivity (Wildman–Crippen MR) is 63.4 cm³/mol.